The molecule has 0 spiro atoms. The fourth-order valence-electron chi connectivity index (χ4n) is 3.51. The van der Waals surface area contributed by atoms with Crippen LogP contribution in [0.1, 0.15) is 63.9 Å². The van der Waals surface area contributed by atoms with Crippen molar-refractivity contribution in [3.05, 3.63) is 30.1 Å². The molecule has 21 heavy (non-hydrogen) atoms. The van der Waals surface area contributed by atoms with E-state index in [1.807, 2.05) is 18.3 Å². The van der Waals surface area contributed by atoms with Gasteiger partial charge in [-0.1, -0.05) is 32.3 Å². The smallest absolute Gasteiger partial charge is 0.309 e. The number of aromatic nitrogens is 1. The fourth-order valence-corrected chi connectivity index (χ4v) is 3.51. The van der Waals surface area contributed by atoms with E-state index in [4.69, 9.17) is 0 Å². The van der Waals surface area contributed by atoms with Crippen molar-refractivity contribution in [2.75, 3.05) is 0 Å². The van der Waals surface area contributed by atoms with Gasteiger partial charge in [-0.25, -0.2) is 0 Å². The molecule has 0 bridgehead atoms. The summed E-state index contributed by atoms with van der Waals surface area (Å²) in [5.41, 5.74) is 0.643. The topological polar surface area (TPSA) is 50.2 Å². The van der Waals surface area contributed by atoms with Gasteiger partial charge in [0.2, 0.25) is 0 Å². The number of hydrogen-bond donors (Lipinski definition) is 1. The van der Waals surface area contributed by atoms with Gasteiger partial charge in [0.05, 0.1) is 5.41 Å². The van der Waals surface area contributed by atoms with E-state index < -0.39 is 11.4 Å². The van der Waals surface area contributed by atoms with Crippen LogP contribution in [0.2, 0.25) is 0 Å². The first kappa shape index (κ1) is 16.0. The molecule has 1 aliphatic rings. The summed E-state index contributed by atoms with van der Waals surface area (Å²) in [5.74, 6) is 0.149. The van der Waals surface area contributed by atoms with Crippen molar-refractivity contribution in [1.29, 1.82) is 0 Å². The second-order valence-electron chi connectivity index (χ2n) is 6.53. The lowest BCUT2D eigenvalue weighted by Crippen LogP contribution is -2.36. The molecule has 0 saturated heterocycles. The SMILES string of the molecule is CCCCC1CCC(CCc2cccnc2)(C(=O)O)CC1. The predicted molar refractivity (Wildman–Crippen MR) is 84.1 cm³/mol. The lowest BCUT2D eigenvalue weighted by molar-refractivity contribution is -0.152. The molecule has 0 atom stereocenters. The lowest BCUT2D eigenvalue weighted by atomic mass is 9.67. The number of nitrogens with zero attached hydrogens (tertiary/aromatic N) is 1. The van der Waals surface area contributed by atoms with E-state index in [0.29, 0.717) is 0 Å². The molecule has 1 fully saturated rings. The average Bonchev–Trinajstić information content (AvgIpc) is 2.53. The van der Waals surface area contributed by atoms with Crippen LogP contribution in [0.25, 0.3) is 0 Å². The molecular formula is C18H27NO2. The van der Waals surface area contributed by atoms with Crippen LogP contribution in [0.4, 0.5) is 0 Å². The number of carboxylic acids is 1. The van der Waals surface area contributed by atoms with Crippen molar-refractivity contribution in [3.63, 3.8) is 0 Å². The molecule has 1 heterocycles. The van der Waals surface area contributed by atoms with Gasteiger partial charge in [-0.05, 0) is 56.1 Å². The molecule has 0 unspecified atom stereocenters. The quantitative estimate of drug-likeness (QED) is 0.806. The van der Waals surface area contributed by atoms with Crippen LogP contribution in [0.5, 0.6) is 0 Å². The Kier molecular flexibility index (Phi) is 5.77. The average molecular weight is 289 g/mol. The van der Waals surface area contributed by atoms with Gasteiger partial charge in [-0.3, -0.25) is 9.78 Å². The maximum atomic E-state index is 11.8. The Morgan fingerprint density at radius 3 is 2.76 bits per heavy atom. The highest BCUT2D eigenvalue weighted by molar-refractivity contribution is 5.74. The van der Waals surface area contributed by atoms with Gasteiger partial charge in [-0.15, -0.1) is 0 Å². The normalized spacial score (nSPS) is 25.7. The van der Waals surface area contributed by atoms with Crippen molar-refractivity contribution >= 4 is 5.97 Å². The molecular weight excluding hydrogens is 262 g/mol. The van der Waals surface area contributed by atoms with Crippen LogP contribution >= 0.6 is 0 Å². The van der Waals surface area contributed by atoms with E-state index in [0.717, 1.165) is 50.0 Å². The van der Waals surface area contributed by atoms with Crippen LogP contribution in [-0.2, 0) is 11.2 Å². The Bertz CT molecular complexity index is 436. The molecule has 1 saturated carbocycles. The summed E-state index contributed by atoms with van der Waals surface area (Å²) >= 11 is 0. The Morgan fingerprint density at radius 1 is 1.43 bits per heavy atom. The van der Waals surface area contributed by atoms with Gasteiger partial charge >= 0.3 is 5.97 Å². The Labute approximate surface area is 127 Å². The van der Waals surface area contributed by atoms with Gasteiger partial charge in [0.25, 0.3) is 0 Å². The highest BCUT2D eigenvalue weighted by atomic mass is 16.4. The Hall–Kier alpha value is -1.38. The second-order valence-corrected chi connectivity index (χ2v) is 6.53. The number of aryl methyl sites for hydroxylation is 1. The lowest BCUT2D eigenvalue weighted by Gasteiger charge is -2.37. The minimum atomic E-state index is -0.597. The molecule has 1 aliphatic carbocycles. The number of rotatable bonds is 7. The third-order valence-corrected chi connectivity index (χ3v) is 5.10. The number of unbranched alkanes of at least 4 members (excludes halogenated alkanes) is 1. The third kappa shape index (κ3) is 4.29. The minimum Gasteiger partial charge on any atom is -0.481 e. The summed E-state index contributed by atoms with van der Waals surface area (Å²) in [5, 5.41) is 9.71. The molecule has 0 amide bonds. The second kappa shape index (κ2) is 7.58. The predicted octanol–water partition coefficient (Wildman–Crippen LogP) is 4.47. The molecule has 1 aromatic rings. The molecule has 1 N–H and O–H groups in total. The van der Waals surface area contributed by atoms with Gasteiger partial charge in [0.15, 0.2) is 0 Å². The summed E-state index contributed by atoms with van der Waals surface area (Å²) in [6.07, 6.45) is 12.8. The Morgan fingerprint density at radius 2 is 2.19 bits per heavy atom. The molecule has 0 aliphatic heterocycles. The number of aliphatic carboxylic acids is 1. The molecule has 0 radical (unpaired) electrons. The molecule has 2 rings (SSSR count). The number of carbonyl (C=O) groups is 1. The number of hydrogen-bond acceptors (Lipinski definition) is 2. The van der Waals surface area contributed by atoms with Crippen molar-refractivity contribution in [3.8, 4) is 0 Å². The van der Waals surface area contributed by atoms with Crippen LogP contribution in [0.3, 0.4) is 0 Å². The van der Waals surface area contributed by atoms with E-state index in [1.54, 1.807) is 6.20 Å². The molecule has 3 nitrogen and oxygen atoms in total. The zero-order valence-corrected chi connectivity index (χ0v) is 13.1. The maximum Gasteiger partial charge on any atom is 0.309 e. The van der Waals surface area contributed by atoms with Gasteiger partial charge in [0, 0.05) is 12.4 Å². The Balaban J connectivity index is 1.91. The van der Waals surface area contributed by atoms with Crippen molar-refractivity contribution in [2.45, 2.75) is 64.7 Å². The maximum absolute atomic E-state index is 11.8. The van der Waals surface area contributed by atoms with E-state index in [2.05, 4.69) is 11.9 Å². The summed E-state index contributed by atoms with van der Waals surface area (Å²) in [6, 6.07) is 3.96. The minimum absolute atomic E-state index is 0.501. The standard InChI is InChI=1S/C18H27NO2/c1-2-3-5-15-7-10-18(11-8-15,17(20)21)12-9-16-6-4-13-19-14-16/h4,6,13-15H,2-3,5,7-12H2,1H3,(H,20,21). The van der Waals surface area contributed by atoms with Gasteiger partial charge in [0.1, 0.15) is 0 Å². The fraction of sp³-hybridized carbons (Fsp3) is 0.667. The first-order valence-corrected chi connectivity index (χ1v) is 8.28. The van der Waals surface area contributed by atoms with Crippen molar-refractivity contribution in [1.82, 2.24) is 4.98 Å². The van der Waals surface area contributed by atoms with E-state index in [-0.39, 0.29) is 0 Å². The van der Waals surface area contributed by atoms with Crippen molar-refractivity contribution in [2.24, 2.45) is 11.3 Å². The zero-order valence-electron chi connectivity index (χ0n) is 13.1. The summed E-state index contributed by atoms with van der Waals surface area (Å²) in [6.45, 7) is 2.22. The summed E-state index contributed by atoms with van der Waals surface area (Å²) < 4.78 is 0. The molecule has 116 valence electrons. The summed E-state index contributed by atoms with van der Waals surface area (Å²) in [4.78, 5) is 15.9. The highest BCUT2D eigenvalue weighted by Gasteiger charge is 2.41. The van der Waals surface area contributed by atoms with Crippen LogP contribution < -0.4 is 0 Å². The largest absolute Gasteiger partial charge is 0.481 e. The monoisotopic (exact) mass is 289 g/mol. The van der Waals surface area contributed by atoms with Gasteiger partial charge in [-0.2, -0.15) is 0 Å². The van der Waals surface area contributed by atoms with Crippen LogP contribution in [0.15, 0.2) is 24.5 Å². The zero-order chi connectivity index (χ0) is 15.1. The first-order chi connectivity index (χ1) is 10.2. The van der Waals surface area contributed by atoms with E-state index in [9.17, 15) is 9.90 Å². The first-order valence-electron chi connectivity index (χ1n) is 8.28. The van der Waals surface area contributed by atoms with Crippen LogP contribution in [-0.4, -0.2) is 16.1 Å². The third-order valence-electron chi connectivity index (χ3n) is 5.10. The number of carboxylic acid groups (broad SMARTS) is 1. The van der Waals surface area contributed by atoms with Crippen LogP contribution in [0, 0.1) is 11.3 Å². The van der Waals surface area contributed by atoms with Gasteiger partial charge < -0.3 is 5.11 Å². The van der Waals surface area contributed by atoms with Crippen molar-refractivity contribution < 1.29 is 9.90 Å². The summed E-state index contributed by atoms with van der Waals surface area (Å²) in [7, 11) is 0. The van der Waals surface area contributed by atoms with E-state index >= 15 is 0 Å². The molecule has 1 aromatic heterocycles. The molecule has 0 aromatic carbocycles. The number of pyridine rings is 1. The highest BCUT2D eigenvalue weighted by Crippen LogP contribution is 2.43. The van der Waals surface area contributed by atoms with E-state index in [1.165, 1.54) is 19.3 Å². The molecule has 3 heteroatoms.